The van der Waals surface area contributed by atoms with Crippen LogP contribution in [0, 0.1) is 0 Å². The molecule has 3 heteroatoms. The Labute approximate surface area is 83.6 Å². The number of ketones is 1. The van der Waals surface area contributed by atoms with Crippen LogP contribution < -0.4 is 9.47 Å². The molecule has 3 nitrogen and oxygen atoms in total. The van der Waals surface area contributed by atoms with Crippen LogP contribution in [0.3, 0.4) is 0 Å². The number of Topliss-reactive ketones (excluding diaryl/α,β-unsaturated/α-hetero) is 1. The minimum atomic E-state index is -0.400. The van der Waals surface area contributed by atoms with Crippen LogP contribution in [-0.2, 0) is 4.79 Å². The highest BCUT2D eigenvalue weighted by Gasteiger charge is 2.08. The Kier molecular flexibility index (Phi) is 3.51. The SMILES string of the molecule is COc1ccc(O[C@@H](C)C(C)=O)cc1. The number of methoxy groups -OCH3 is 1. The van der Waals surface area contributed by atoms with Gasteiger partial charge in [0.05, 0.1) is 7.11 Å². The van der Waals surface area contributed by atoms with Gasteiger partial charge in [-0.05, 0) is 38.1 Å². The highest BCUT2D eigenvalue weighted by Crippen LogP contribution is 2.18. The Morgan fingerprint density at radius 1 is 1.21 bits per heavy atom. The van der Waals surface area contributed by atoms with Crippen molar-refractivity contribution in [1.29, 1.82) is 0 Å². The van der Waals surface area contributed by atoms with Crippen molar-refractivity contribution in [3.05, 3.63) is 24.3 Å². The Hall–Kier alpha value is -1.51. The molecule has 0 bridgehead atoms. The molecule has 0 N–H and O–H groups in total. The van der Waals surface area contributed by atoms with Crippen molar-refractivity contribution < 1.29 is 14.3 Å². The average Bonchev–Trinajstić information content (AvgIpc) is 2.19. The summed E-state index contributed by atoms with van der Waals surface area (Å²) < 4.78 is 10.4. The molecule has 0 aromatic heterocycles. The van der Waals surface area contributed by atoms with E-state index in [1.54, 1.807) is 38.3 Å². The fourth-order valence-electron chi connectivity index (χ4n) is 0.941. The minimum absolute atomic E-state index is 0.0146. The lowest BCUT2D eigenvalue weighted by molar-refractivity contribution is -0.122. The summed E-state index contributed by atoms with van der Waals surface area (Å²) in [7, 11) is 1.61. The maximum Gasteiger partial charge on any atom is 0.169 e. The van der Waals surface area contributed by atoms with Crippen molar-refractivity contribution in [2.24, 2.45) is 0 Å². The Morgan fingerprint density at radius 3 is 2.14 bits per heavy atom. The van der Waals surface area contributed by atoms with Gasteiger partial charge in [-0.1, -0.05) is 0 Å². The number of carbonyl (C=O) groups excluding carboxylic acids is 1. The second kappa shape index (κ2) is 4.65. The third-order valence-corrected chi connectivity index (χ3v) is 1.94. The van der Waals surface area contributed by atoms with E-state index in [0.717, 1.165) is 5.75 Å². The molecule has 0 saturated heterocycles. The lowest BCUT2D eigenvalue weighted by Gasteiger charge is -2.11. The van der Waals surface area contributed by atoms with Crippen molar-refractivity contribution in [1.82, 2.24) is 0 Å². The third-order valence-electron chi connectivity index (χ3n) is 1.94. The Balaban J connectivity index is 2.64. The molecule has 76 valence electrons. The van der Waals surface area contributed by atoms with Crippen molar-refractivity contribution in [3.8, 4) is 11.5 Å². The standard InChI is InChI=1S/C11H14O3/c1-8(12)9(2)14-11-6-4-10(13-3)5-7-11/h4-7,9H,1-3H3/t9-/m0/s1. The molecular weight excluding hydrogens is 180 g/mol. The molecule has 0 aliphatic carbocycles. The average molecular weight is 194 g/mol. The van der Waals surface area contributed by atoms with Gasteiger partial charge >= 0.3 is 0 Å². The maximum absolute atomic E-state index is 10.9. The van der Waals surface area contributed by atoms with Gasteiger partial charge in [0, 0.05) is 0 Å². The van der Waals surface area contributed by atoms with Gasteiger partial charge < -0.3 is 9.47 Å². The van der Waals surface area contributed by atoms with Crippen molar-refractivity contribution in [2.75, 3.05) is 7.11 Å². The largest absolute Gasteiger partial charge is 0.497 e. The van der Waals surface area contributed by atoms with Gasteiger partial charge in [0.1, 0.15) is 11.5 Å². The minimum Gasteiger partial charge on any atom is -0.497 e. The second-order valence-corrected chi connectivity index (χ2v) is 3.05. The molecule has 14 heavy (non-hydrogen) atoms. The van der Waals surface area contributed by atoms with Crippen LogP contribution in [0.5, 0.6) is 11.5 Å². The predicted octanol–water partition coefficient (Wildman–Crippen LogP) is 2.05. The summed E-state index contributed by atoms with van der Waals surface area (Å²) in [5.74, 6) is 1.46. The van der Waals surface area contributed by atoms with E-state index < -0.39 is 6.10 Å². The third kappa shape index (κ3) is 2.76. The second-order valence-electron chi connectivity index (χ2n) is 3.05. The fraction of sp³-hybridized carbons (Fsp3) is 0.364. The summed E-state index contributed by atoms with van der Waals surface area (Å²) in [5.41, 5.74) is 0. The smallest absolute Gasteiger partial charge is 0.169 e. The summed E-state index contributed by atoms with van der Waals surface area (Å²) in [6, 6.07) is 7.14. The number of benzene rings is 1. The number of hydrogen-bond donors (Lipinski definition) is 0. The number of rotatable bonds is 4. The molecule has 0 amide bonds. The fourth-order valence-corrected chi connectivity index (χ4v) is 0.941. The van der Waals surface area contributed by atoms with E-state index in [4.69, 9.17) is 9.47 Å². The van der Waals surface area contributed by atoms with Crippen molar-refractivity contribution >= 4 is 5.78 Å². The summed E-state index contributed by atoms with van der Waals surface area (Å²) in [6.07, 6.45) is -0.400. The predicted molar refractivity (Wildman–Crippen MR) is 53.8 cm³/mol. The first-order valence-electron chi connectivity index (χ1n) is 4.44. The summed E-state index contributed by atoms with van der Waals surface area (Å²) in [4.78, 5) is 10.9. The molecule has 0 fully saturated rings. The van der Waals surface area contributed by atoms with Gasteiger partial charge in [-0.15, -0.1) is 0 Å². The number of carbonyl (C=O) groups is 1. The van der Waals surface area contributed by atoms with Gasteiger partial charge in [0.25, 0.3) is 0 Å². The molecule has 0 unspecified atom stereocenters. The van der Waals surface area contributed by atoms with Crippen LogP contribution in [0.4, 0.5) is 0 Å². The van der Waals surface area contributed by atoms with Crippen LogP contribution in [0.25, 0.3) is 0 Å². The van der Waals surface area contributed by atoms with Crippen LogP contribution >= 0.6 is 0 Å². The van der Waals surface area contributed by atoms with E-state index in [2.05, 4.69) is 0 Å². The van der Waals surface area contributed by atoms with E-state index >= 15 is 0 Å². The van der Waals surface area contributed by atoms with Gasteiger partial charge in [0.2, 0.25) is 0 Å². The molecule has 0 heterocycles. The van der Waals surface area contributed by atoms with E-state index in [0.29, 0.717) is 5.75 Å². The molecule has 0 radical (unpaired) electrons. The van der Waals surface area contributed by atoms with Crippen LogP contribution in [-0.4, -0.2) is 19.0 Å². The van der Waals surface area contributed by atoms with E-state index in [1.807, 2.05) is 0 Å². The molecular formula is C11H14O3. The number of hydrogen-bond acceptors (Lipinski definition) is 3. The maximum atomic E-state index is 10.9. The highest BCUT2D eigenvalue weighted by atomic mass is 16.5. The molecule has 1 rings (SSSR count). The quantitative estimate of drug-likeness (QED) is 0.735. The van der Waals surface area contributed by atoms with E-state index in [-0.39, 0.29) is 5.78 Å². The van der Waals surface area contributed by atoms with Crippen LogP contribution in [0.2, 0.25) is 0 Å². The summed E-state index contributed by atoms with van der Waals surface area (Å²) in [6.45, 7) is 3.24. The molecule has 0 saturated carbocycles. The summed E-state index contributed by atoms with van der Waals surface area (Å²) >= 11 is 0. The zero-order valence-electron chi connectivity index (χ0n) is 8.61. The zero-order chi connectivity index (χ0) is 10.6. The topological polar surface area (TPSA) is 35.5 Å². The van der Waals surface area contributed by atoms with Crippen LogP contribution in [0.15, 0.2) is 24.3 Å². The lowest BCUT2D eigenvalue weighted by atomic mass is 10.3. The normalized spacial score (nSPS) is 11.9. The first-order chi connectivity index (χ1) is 6.63. The Bertz CT molecular complexity index is 303. The molecule has 1 atom stereocenters. The van der Waals surface area contributed by atoms with Crippen LogP contribution in [0.1, 0.15) is 13.8 Å². The summed E-state index contributed by atoms with van der Waals surface area (Å²) in [5, 5.41) is 0. The zero-order valence-corrected chi connectivity index (χ0v) is 8.61. The van der Waals surface area contributed by atoms with E-state index in [1.165, 1.54) is 6.92 Å². The monoisotopic (exact) mass is 194 g/mol. The number of ether oxygens (including phenoxy) is 2. The first-order valence-corrected chi connectivity index (χ1v) is 4.44. The Morgan fingerprint density at radius 2 is 1.71 bits per heavy atom. The molecule has 1 aromatic carbocycles. The van der Waals surface area contributed by atoms with Gasteiger partial charge in [0.15, 0.2) is 11.9 Å². The molecule has 0 aliphatic heterocycles. The molecule has 0 aliphatic rings. The van der Waals surface area contributed by atoms with Gasteiger partial charge in [-0.2, -0.15) is 0 Å². The van der Waals surface area contributed by atoms with E-state index in [9.17, 15) is 4.79 Å². The molecule has 1 aromatic rings. The lowest BCUT2D eigenvalue weighted by Crippen LogP contribution is -2.20. The van der Waals surface area contributed by atoms with Crippen molar-refractivity contribution in [2.45, 2.75) is 20.0 Å². The van der Waals surface area contributed by atoms with Gasteiger partial charge in [-0.3, -0.25) is 4.79 Å². The first kappa shape index (κ1) is 10.6. The molecule has 0 spiro atoms. The highest BCUT2D eigenvalue weighted by molar-refractivity contribution is 5.80. The van der Waals surface area contributed by atoms with Gasteiger partial charge in [-0.25, -0.2) is 0 Å². The van der Waals surface area contributed by atoms with Crippen molar-refractivity contribution in [3.63, 3.8) is 0 Å².